The van der Waals surface area contributed by atoms with Crippen molar-refractivity contribution >= 4 is 17.5 Å². The Labute approximate surface area is 170 Å². The molecule has 2 aromatic carbocycles. The summed E-state index contributed by atoms with van der Waals surface area (Å²) in [6.07, 6.45) is 2.86. The fraction of sp³-hybridized carbons (Fsp3) is 0.318. The first-order valence-electron chi connectivity index (χ1n) is 9.32. The molecule has 5 nitrogen and oxygen atoms in total. The molecular weight excluding hydrogens is 376 g/mol. The molecule has 1 aliphatic rings. The Hall–Kier alpha value is -2.50. The standard InChI is InChI=1S/C22H25ClN2O3/c1-4-10-25-11-9-15-12-20(27-2)21(28-3)13-17(15)19(25)14-24-22(26)16-7-5-6-8-18(16)23/h4-8,12-13,19H,1,9-11,14H2,2-3H3,(H,24,26)/p+1/t19-/m1/s1. The summed E-state index contributed by atoms with van der Waals surface area (Å²) in [7, 11) is 3.28. The monoisotopic (exact) mass is 401 g/mol. The number of benzene rings is 2. The zero-order chi connectivity index (χ0) is 20.1. The van der Waals surface area contributed by atoms with E-state index in [4.69, 9.17) is 21.1 Å². The maximum Gasteiger partial charge on any atom is 0.253 e. The maximum absolute atomic E-state index is 12.6. The first-order chi connectivity index (χ1) is 13.6. The van der Waals surface area contributed by atoms with Gasteiger partial charge >= 0.3 is 0 Å². The highest BCUT2D eigenvalue weighted by Crippen LogP contribution is 2.34. The van der Waals surface area contributed by atoms with E-state index in [1.54, 1.807) is 26.4 Å². The number of ether oxygens (including phenoxy) is 2. The van der Waals surface area contributed by atoms with Gasteiger partial charge in [-0.2, -0.15) is 0 Å². The minimum atomic E-state index is -0.170. The smallest absolute Gasteiger partial charge is 0.253 e. The third kappa shape index (κ3) is 4.16. The fourth-order valence-corrected chi connectivity index (χ4v) is 4.01. The maximum atomic E-state index is 12.6. The van der Waals surface area contributed by atoms with E-state index in [-0.39, 0.29) is 11.9 Å². The molecule has 0 saturated heterocycles. The van der Waals surface area contributed by atoms with E-state index in [0.29, 0.717) is 22.9 Å². The van der Waals surface area contributed by atoms with Gasteiger partial charge in [0.25, 0.3) is 5.91 Å². The molecule has 0 saturated carbocycles. The number of fused-ring (bicyclic) bond motifs is 1. The number of hydrogen-bond donors (Lipinski definition) is 2. The minimum Gasteiger partial charge on any atom is -0.493 e. The number of methoxy groups -OCH3 is 2. The van der Waals surface area contributed by atoms with Crippen LogP contribution < -0.4 is 19.7 Å². The van der Waals surface area contributed by atoms with Gasteiger partial charge in [-0.25, -0.2) is 0 Å². The topological polar surface area (TPSA) is 52.0 Å². The van der Waals surface area contributed by atoms with Crippen LogP contribution in [0.15, 0.2) is 49.1 Å². The van der Waals surface area contributed by atoms with Gasteiger partial charge < -0.3 is 19.7 Å². The molecule has 2 aromatic rings. The first-order valence-corrected chi connectivity index (χ1v) is 9.69. The van der Waals surface area contributed by atoms with Crippen molar-refractivity contribution < 1.29 is 19.2 Å². The highest BCUT2D eigenvalue weighted by atomic mass is 35.5. The van der Waals surface area contributed by atoms with Gasteiger partial charge in [-0.1, -0.05) is 30.3 Å². The Morgan fingerprint density at radius 3 is 2.68 bits per heavy atom. The molecule has 148 valence electrons. The Kier molecular flexibility index (Phi) is 6.60. The summed E-state index contributed by atoms with van der Waals surface area (Å²) in [6.45, 7) is 6.17. The quantitative estimate of drug-likeness (QED) is 0.701. The molecule has 3 rings (SSSR count). The number of quaternary nitrogens is 1. The second-order valence-electron chi connectivity index (χ2n) is 6.80. The SMILES string of the molecule is C=CC[NH+]1CCc2cc(OC)c(OC)cc2[C@H]1CNC(=O)c1ccccc1Cl. The van der Waals surface area contributed by atoms with Crippen molar-refractivity contribution in [1.82, 2.24) is 5.32 Å². The van der Waals surface area contributed by atoms with E-state index < -0.39 is 0 Å². The lowest BCUT2D eigenvalue weighted by Crippen LogP contribution is -3.13. The molecule has 1 unspecified atom stereocenters. The molecule has 28 heavy (non-hydrogen) atoms. The van der Waals surface area contributed by atoms with Gasteiger partial charge in [0.1, 0.15) is 6.04 Å². The summed E-state index contributed by atoms with van der Waals surface area (Å²) in [5.74, 6) is 1.26. The summed E-state index contributed by atoms with van der Waals surface area (Å²) >= 11 is 6.16. The second kappa shape index (κ2) is 9.13. The fourth-order valence-electron chi connectivity index (χ4n) is 3.79. The zero-order valence-electron chi connectivity index (χ0n) is 16.3. The number of hydrogen-bond acceptors (Lipinski definition) is 3. The molecule has 0 aliphatic carbocycles. The van der Waals surface area contributed by atoms with Gasteiger partial charge in [0.2, 0.25) is 0 Å². The summed E-state index contributed by atoms with van der Waals surface area (Å²) < 4.78 is 10.9. The summed E-state index contributed by atoms with van der Waals surface area (Å²) in [5, 5.41) is 3.50. The van der Waals surface area contributed by atoms with Crippen molar-refractivity contribution in [3.63, 3.8) is 0 Å². The van der Waals surface area contributed by atoms with E-state index >= 15 is 0 Å². The van der Waals surface area contributed by atoms with Crippen LogP contribution in [0, 0.1) is 0 Å². The summed E-state index contributed by atoms with van der Waals surface area (Å²) in [6, 6.07) is 11.2. The van der Waals surface area contributed by atoms with Crippen LogP contribution in [0.4, 0.5) is 0 Å². The average Bonchev–Trinajstić information content (AvgIpc) is 2.72. The van der Waals surface area contributed by atoms with Crippen LogP contribution >= 0.6 is 11.6 Å². The lowest BCUT2D eigenvalue weighted by atomic mass is 9.91. The second-order valence-corrected chi connectivity index (χ2v) is 7.21. The van der Waals surface area contributed by atoms with E-state index in [2.05, 4.69) is 11.9 Å². The van der Waals surface area contributed by atoms with Gasteiger partial charge in [0.15, 0.2) is 11.5 Å². The number of carbonyl (C=O) groups excluding carboxylic acids is 1. The normalized spacial score (nSPS) is 18.1. The van der Waals surface area contributed by atoms with Crippen LogP contribution in [0.1, 0.15) is 27.5 Å². The first kappa shape index (κ1) is 20.2. The van der Waals surface area contributed by atoms with Gasteiger partial charge in [-0.05, 0) is 35.9 Å². The minimum absolute atomic E-state index is 0.0907. The van der Waals surface area contributed by atoms with Crippen molar-refractivity contribution in [3.8, 4) is 11.5 Å². The van der Waals surface area contributed by atoms with Crippen LogP contribution in [0.5, 0.6) is 11.5 Å². The van der Waals surface area contributed by atoms with Crippen molar-refractivity contribution in [3.05, 3.63) is 70.8 Å². The lowest BCUT2D eigenvalue weighted by Gasteiger charge is -2.34. The van der Waals surface area contributed by atoms with Crippen molar-refractivity contribution in [2.24, 2.45) is 0 Å². The summed E-state index contributed by atoms with van der Waals surface area (Å²) in [4.78, 5) is 14.0. The number of nitrogens with one attached hydrogen (secondary N) is 2. The molecule has 1 amide bonds. The van der Waals surface area contributed by atoms with Gasteiger partial charge in [0, 0.05) is 12.0 Å². The van der Waals surface area contributed by atoms with Gasteiger partial charge in [-0.15, -0.1) is 0 Å². The molecule has 0 fully saturated rings. The molecular formula is C22H26ClN2O3+. The van der Waals surface area contributed by atoms with E-state index in [1.807, 2.05) is 30.3 Å². The molecule has 1 heterocycles. The Morgan fingerprint density at radius 1 is 1.29 bits per heavy atom. The molecule has 1 aliphatic heterocycles. The molecule has 0 bridgehead atoms. The van der Waals surface area contributed by atoms with Crippen LogP contribution in [0.2, 0.25) is 5.02 Å². The Balaban J connectivity index is 1.87. The van der Waals surface area contributed by atoms with E-state index in [0.717, 1.165) is 25.3 Å². The molecule has 0 radical (unpaired) electrons. The third-order valence-electron chi connectivity index (χ3n) is 5.22. The molecule has 0 aromatic heterocycles. The molecule has 2 N–H and O–H groups in total. The summed E-state index contributed by atoms with van der Waals surface area (Å²) in [5.41, 5.74) is 2.88. The van der Waals surface area contributed by atoms with Crippen LogP contribution in [0.25, 0.3) is 0 Å². The van der Waals surface area contributed by atoms with E-state index in [9.17, 15) is 4.79 Å². The van der Waals surface area contributed by atoms with Crippen molar-refractivity contribution in [1.29, 1.82) is 0 Å². The largest absolute Gasteiger partial charge is 0.493 e. The predicted molar refractivity (Wildman–Crippen MR) is 111 cm³/mol. The highest BCUT2D eigenvalue weighted by Gasteiger charge is 2.32. The average molecular weight is 402 g/mol. The van der Waals surface area contributed by atoms with Crippen LogP contribution in [0.3, 0.4) is 0 Å². The lowest BCUT2D eigenvalue weighted by molar-refractivity contribution is -0.927. The molecule has 6 heteroatoms. The van der Waals surface area contributed by atoms with E-state index in [1.165, 1.54) is 16.0 Å². The number of amides is 1. The Bertz CT molecular complexity index is 869. The molecule has 0 spiro atoms. The van der Waals surface area contributed by atoms with Crippen LogP contribution in [-0.2, 0) is 6.42 Å². The van der Waals surface area contributed by atoms with Crippen molar-refractivity contribution in [2.45, 2.75) is 12.5 Å². The molecule has 2 atom stereocenters. The number of carbonyl (C=O) groups is 1. The highest BCUT2D eigenvalue weighted by molar-refractivity contribution is 6.33. The Morgan fingerprint density at radius 2 is 2.00 bits per heavy atom. The van der Waals surface area contributed by atoms with Gasteiger partial charge in [0.05, 0.1) is 44.4 Å². The van der Waals surface area contributed by atoms with Gasteiger partial charge in [-0.3, -0.25) is 4.79 Å². The third-order valence-corrected chi connectivity index (χ3v) is 5.55. The predicted octanol–water partition coefficient (Wildman–Crippen LogP) is 2.46. The number of halogens is 1. The zero-order valence-corrected chi connectivity index (χ0v) is 17.0. The van der Waals surface area contributed by atoms with Crippen LogP contribution in [-0.4, -0.2) is 39.8 Å². The number of rotatable bonds is 7. The van der Waals surface area contributed by atoms with Crippen molar-refractivity contribution in [2.75, 3.05) is 33.9 Å².